The SMILES string of the molecule is CCOCc1nc2c(N)nc3c(c2n1CC(C)(CO)CO)CCCC3. The molecule has 7 nitrogen and oxygen atoms in total. The van der Waals surface area contributed by atoms with Gasteiger partial charge in [-0.1, -0.05) is 6.92 Å². The molecule has 0 aliphatic heterocycles. The number of anilines is 1. The summed E-state index contributed by atoms with van der Waals surface area (Å²) in [6.45, 7) is 4.99. The van der Waals surface area contributed by atoms with E-state index in [2.05, 4.69) is 9.55 Å². The second-order valence-corrected chi connectivity index (χ2v) is 7.20. The van der Waals surface area contributed by atoms with Crippen molar-refractivity contribution in [2.24, 2.45) is 5.41 Å². The van der Waals surface area contributed by atoms with Gasteiger partial charge in [0.25, 0.3) is 0 Å². The minimum atomic E-state index is -0.645. The third kappa shape index (κ3) is 3.36. The van der Waals surface area contributed by atoms with E-state index in [0.717, 1.165) is 42.7 Å². The molecule has 0 spiro atoms. The number of nitrogens with two attached hydrogens (primary N) is 1. The molecular formula is C18H28N4O3. The fraction of sp³-hybridized carbons (Fsp3) is 0.667. The molecule has 0 amide bonds. The number of nitrogen functional groups attached to an aromatic ring is 1. The van der Waals surface area contributed by atoms with Crippen LogP contribution in [0.15, 0.2) is 0 Å². The van der Waals surface area contributed by atoms with E-state index in [9.17, 15) is 10.2 Å². The molecule has 0 radical (unpaired) electrons. The maximum atomic E-state index is 9.75. The Bertz CT molecular complexity index is 753. The molecule has 0 unspecified atom stereocenters. The number of hydrogen-bond acceptors (Lipinski definition) is 6. The Labute approximate surface area is 147 Å². The highest BCUT2D eigenvalue weighted by Crippen LogP contribution is 2.33. The van der Waals surface area contributed by atoms with Gasteiger partial charge in [0.05, 0.1) is 18.7 Å². The van der Waals surface area contributed by atoms with Crippen LogP contribution >= 0.6 is 0 Å². The Morgan fingerprint density at radius 3 is 2.60 bits per heavy atom. The molecule has 25 heavy (non-hydrogen) atoms. The van der Waals surface area contributed by atoms with Crippen LogP contribution in [0.1, 0.15) is 43.8 Å². The first kappa shape index (κ1) is 18.1. The number of pyridine rings is 1. The van der Waals surface area contributed by atoms with Crippen molar-refractivity contribution in [1.82, 2.24) is 14.5 Å². The van der Waals surface area contributed by atoms with E-state index in [1.54, 1.807) is 0 Å². The Morgan fingerprint density at radius 1 is 1.20 bits per heavy atom. The van der Waals surface area contributed by atoms with Crippen LogP contribution in [0.25, 0.3) is 11.0 Å². The van der Waals surface area contributed by atoms with E-state index in [-0.39, 0.29) is 13.2 Å². The average Bonchev–Trinajstić information content (AvgIpc) is 2.99. The van der Waals surface area contributed by atoms with Gasteiger partial charge in [-0.05, 0) is 38.2 Å². The maximum absolute atomic E-state index is 9.75. The maximum Gasteiger partial charge on any atom is 0.151 e. The van der Waals surface area contributed by atoms with Crippen LogP contribution < -0.4 is 5.73 Å². The molecule has 4 N–H and O–H groups in total. The van der Waals surface area contributed by atoms with E-state index in [1.165, 1.54) is 5.56 Å². The number of rotatable bonds is 7. The van der Waals surface area contributed by atoms with E-state index in [1.807, 2.05) is 13.8 Å². The van der Waals surface area contributed by atoms with Crippen LogP contribution in [0.4, 0.5) is 5.82 Å². The number of ether oxygens (including phenoxy) is 1. The van der Waals surface area contributed by atoms with E-state index >= 15 is 0 Å². The van der Waals surface area contributed by atoms with Crippen molar-refractivity contribution >= 4 is 16.9 Å². The second kappa shape index (κ2) is 7.27. The van der Waals surface area contributed by atoms with Gasteiger partial charge in [-0.15, -0.1) is 0 Å². The summed E-state index contributed by atoms with van der Waals surface area (Å²) < 4.78 is 7.66. The fourth-order valence-electron chi connectivity index (χ4n) is 3.46. The summed E-state index contributed by atoms with van der Waals surface area (Å²) in [5.74, 6) is 1.21. The molecule has 0 saturated carbocycles. The molecular weight excluding hydrogens is 320 g/mol. The van der Waals surface area contributed by atoms with E-state index < -0.39 is 5.41 Å². The zero-order valence-electron chi connectivity index (χ0n) is 15.1. The third-order valence-electron chi connectivity index (χ3n) is 5.01. The number of aliphatic hydroxyl groups excluding tert-OH is 2. The highest BCUT2D eigenvalue weighted by Gasteiger charge is 2.29. The Morgan fingerprint density at radius 2 is 1.92 bits per heavy atom. The minimum Gasteiger partial charge on any atom is -0.396 e. The fourth-order valence-corrected chi connectivity index (χ4v) is 3.46. The summed E-state index contributed by atoms with van der Waals surface area (Å²) in [6.07, 6.45) is 4.12. The Balaban J connectivity index is 2.20. The normalized spacial score (nSPS) is 14.9. The van der Waals surface area contributed by atoms with Gasteiger partial charge in [0.15, 0.2) is 5.82 Å². The first-order valence-corrected chi connectivity index (χ1v) is 8.98. The van der Waals surface area contributed by atoms with Gasteiger partial charge in [-0.25, -0.2) is 9.97 Å². The van der Waals surface area contributed by atoms with E-state index in [0.29, 0.717) is 31.1 Å². The predicted molar refractivity (Wildman–Crippen MR) is 96.2 cm³/mol. The van der Waals surface area contributed by atoms with Crippen molar-refractivity contribution in [1.29, 1.82) is 0 Å². The summed E-state index contributed by atoms with van der Waals surface area (Å²) in [5, 5.41) is 19.5. The summed E-state index contributed by atoms with van der Waals surface area (Å²) >= 11 is 0. The van der Waals surface area contributed by atoms with Crippen molar-refractivity contribution in [3.63, 3.8) is 0 Å². The summed E-state index contributed by atoms with van der Waals surface area (Å²) in [4.78, 5) is 9.27. The van der Waals surface area contributed by atoms with E-state index in [4.69, 9.17) is 15.5 Å². The molecule has 0 fully saturated rings. The van der Waals surface area contributed by atoms with Gasteiger partial charge >= 0.3 is 0 Å². The van der Waals surface area contributed by atoms with Crippen molar-refractivity contribution in [3.8, 4) is 0 Å². The van der Waals surface area contributed by atoms with Gasteiger partial charge in [0, 0.05) is 24.3 Å². The summed E-state index contributed by atoms with van der Waals surface area (Å²) in [5.41, 5.74) is 9.49. The van der Waals surface area contributed by atoms with Crippen LogP contribution in [0, 0.1) is 5.41 Å². The molecule has 0 bridgehead atoms. The second-order valence-electron chi connectivity index (χ2n) is 7.20. The number of nitrogens with zero attached hydrogens (tertiary/aromatic N) is 3. The molecule has 0 aromatic carbocycles. The van der Waals surface area contributed by atoms with Crippen LogP contribution in [0.2, 0.25) is 0 Å². The lowest BCUT2D eigenvalue weighted by molar-refractivity contribution is 0.0529. The van der Waals surface area contributed by atoms with Gasteiger partial charge in [0.1, 0.15) is 17.9 Å². The number of aliphatic hydroxyl groups is 2. The third-order valence-corrected chi connectivity index (χ3v) is 5.01. The molecule has 2 heterocycles. The highest BCUT2D eigenvalue weighted by atomic mass is 16.5. The lowest BCUT2D eigenvalue weighted by Crippen LogP contribution is -2.32. The van der Waals surface area contributed by atoms with Crippen LogP contribution in [0.3, 0.4) is 0 Å². The van der Waals surface area contributed by atoms with Crippen LogP contribution in [-0.4, -0.2) is 44.6 Å². The largest absolute Gasteiger partial charge is 0.396 e. The number of imidazole rings is 1. The van der Waals surface area contributed by atoms with Gasteiger partial charge in [-0.2, -0.15) is 0 Å². The molecule has 138 valence electrons. The van der Waals surface area contributed by atoms with Crippen molar-refractivity contribution in [2.45, 2.75) is 52.7 Å². The number of hydrogen-bond donors (Lipinski definition) is 3. The Hall–Kier alpha value is -1.70. The van der Waals surface area contributed by atoms with Crippen LogP contribution in [0.5, 0.6) is 0 Å². The van der Waals surface area contributed by atoms with Gasteiger partial charge in [0.2, 0.25) is 0 Å². The lowest BCUT2D eigenvalue weighted by Gasteiger charge is -2.27. The zero-order valence-corrected chi connectivity index (χ0v) is 15.1. The van der Waals surface area contributed by atoms with Gasteiger partial charge in [-0.3, -0.25) is 0 Å². The topological polar surface area (TPSA) is 106 Å². The molecule has 1 aliphatic rings. The molecule has 3 rings (SSSR count). The monoisotopic (exact) mass is 348 g/mol. The lowest BCUT2D eigenvalue weighted by atomic mass is 9.91. The summed E-state index contributed by atoms with van der Waals surface area (Å²) in [7, 11) is 0. The zero-order chi connectivity index (χ0) is 18.0. The molecule has 1 aliphatic carbocycles. The average molecular weight is 348 g/mol. The van der Waals surface area contributed by atoms with Crippen LogP contribution in [-0.2, 0) is 30.7 Å². The number of fused-ring (bicyclic) bond motifs is 3. The standard InChI is InChI=1S/C18H28N4O3/c1-3-25-8-14-21-15-16(22(14)9-18(2,10-23)11-24)12-6-4-5-7-13(12)20-17(15)19/h23-24H,3-11H2,1-2H3,(H2,19,20). The summed E-state index contributed by atoms with van der Waals surface area (Å²) in [6, 6.07) is 0. The smallest absolute Gasteiger partial charge is 0.151 e. The van der Waals surface area contributed by atoms with Crippen molar-refractivity contribution in [2.75, 3.05) is 25.6 Å². The first-order chi connectivity index (χ1) is 12.0. The van der Waals surface area contributed by atoms with Gasteiger partial charge < -0.3 is 25.3 Å². The molecule has 2 aromatic rings. The Kier molecular flexibility index (Phi) is 5.27. The molecule has 0 saturated heterocycles. The minimum absolute atomic E-state index is 0.111. The molecule has 0 atom stereocenters. The number of aryl methyl sites for hydroxylation is 2. The first-order valence-electron chi connectivity index (χ1n) is 8.98. The molecule has 7 heteroatoms. The molecule has 2 aromatic heterocycles. The quantitative estimate of drug-likeness (QED) is 0.699. The van der Waals surface area contributed by atoms with Crippen molar-refractivity contribution in [3.05, 3.63) is 17.1 Å². The highest BCUT2D eigenvalue weighted by molar-refractivity contribution is 5.89. The number of aromatic nitrogens is 3. The van der Waals surface area contributed by atoms with Crippen molar-refractivity contribution < 1.29 is 14.9 Å². The predicted octanol–water partition coefficient (Wildman–Crippen LogP) is 1.42.